The first-order valence-electron chi connectivity index (χ1n) is 10.7. The summed E-state index contributed by atoms with van der Waals surface area (Å²) in [7, 11) is -3.68. The Hall–Kier alpha value is -2.09. The molecule has 0 saturated carbocycles. The second-order valence-electron chi connectivity index (χ2n) is 8.03. The molecule has 0 N–H and O–H groups in total. The van der Waals surface area contributed by atoms with E-state index in [0.29, 0.717) is 25.3 Å². The third-order valence-corrected chi connectivity index (χ3v) is 8.08. The maximum Gasteiger partial charge on any atom is 0.260 e. The van der Waals surface area contributed by atoms with Crippen molar-refractivity contribution in [2.45, 2.75) is 43.5 Å². The topological polar surface area (TPSA) is 66.9 Å². The van der Waals surface area contributed by atoms with Crippen LogP contribution >= 0.6 is 11.6 Å². The fourth-order valence-corrected chi connectivity index (χ4v) is 5.88. The fourth-order valence-electron chi connectivity index (χ4n) is 4.13. The van der Waals surface area contributed by atoms with Crippen LogP contribution < -0.4 is 4.74 Å². The molecule has 0 aliphatic carbocycles. The molecule has 1 fully saturated rings. The first kappa shape index (κ1) is 22.1. The number of benzene rings is 2. The highest BCUT2D eigenvalue weighted by molar-refractivity contribution is 7.89. The summed E-state index contributed by atoms with van der Waals surface area (Å²) in [5.41, 5.74) is 2.21. The Kier molecular flexibility index (Phi) is 6.84. The van der Waals surface area contributed by atoms with E-state index in [-0.39, 0.29) is 22.4 Å². The molecule has 2 aromatic carbocycles. The lowest BCUT2D eigenvalue weighted by Gasteiger charge is -2.28. The van der Waals surface area contributed by atoms with E-state index in [1.807, 2.05) is 29.2 Å². The lowest BCUT2D eigenvalue weighted by Crippen LogP contribution is -2.36. The number of carbonyl (C=O) groups excluding carboxylic acids is 1. The highest BCUT2D eigenvalue weighted by atomic mass is 35.5. The average Bonchev–Trinajstić information content (AvgIpc) is 3.07. The quantitative estimate of drug-likeness (QED) is 0.676. The summed E-state index contributed by atoms with van der Waals surface area (Å²) in [5, 5.41) is 0.183. The van der Waals surface area contributed by atoms with E-state index in [1.165, 1.54) is 28.1 Å². The van der Waals surface area contributed by atoms with Crippen LogP contribution in [0.2, 0.25) is 5.02 Å². The van der Waals surface area contributed by atoms with Crippen molar-refractivity contribution < 1.29 is 17.9 Å². The molecule has 1 amide bonds. The van der Waals surface area contributed by atoms with E-state index < -0.39 is 10.0 Å². The molecule has 4 rings (SSSR count). The van der Waals surface area contributed by atoms with Gasteiger partial charge in [0, 0.05) is 26.2 Å². The zero-order chi connectivity index (χ0) is 21.8. The first-order chi connectivity index (χ1) is 14.9. The van der Waals surface area contributed by atoms with Crippen LogP contribution in [-0.4, -0.2) is 49.8 Å². The van der Waals surface area contributed by atoms with Gasteiger partial charge >= 0.3 is 0 Å². The van der Waals surface area contributed by atoms with E-state index in [9.17, 15) is 13.2 Å². The van der Waals surface area contributed by atoms with Gasteiger partial charge in [0.25, 0.3) is 5.91 Å². The molecular weight excluding hydrogens is 436 g/mol. The largest absolute Gasteiger partial charge is 0.482 e. The molecule has 2 heterocycles. The second-order valence-corrected chi connectivity index (χ2v) is 10.4. The van der Waals surface area contributed by atoms with Gasteiger partial charge in [-0.15, -0.1) is 0 Å². The highest BCUT2D eigenvalue weighted by Gasteiger charge is 2.29. The SMILES string of the molecule is O=C(COc1ccc(S(=O)(=O)N2CCc3ccccc3C2)cc1Cl)N1CCCCCC1. The molecule has 2 aliphatic heterocycles. The summed E-state index contributed by atoms with van der Waals surface area (Å²) in [6.45, 7) is 2.19. The summed E-state index contributed by atoms with van der Waals surface area (Å²) in [5.74, 6) is 0.245. The van der Waals surface area contributed by atoms with E-state index >= 15 is 0 Å². The van der Waals surface area contributed by atoms with Crippen molar-refractivity contribution in [1.82, 2.24) is 9.21 Å². The van der Waals surface area contributed by atoms with Crippen LogP contribution in [0.25, 0.3) is 0 Å². The van der Waals surface area contributed by atoms with Crippen molar-refractivity contribution in [1.29, 1.82) is 0 Å². The van der Waals surface area contributed by atoms with E-state index in [0.717, 1.165) is 44.3 Å². The molecule has 2 aliphatic rings. The third-order valence-electron chi connectivity index (χ3n) is 5.95. The smallest absolute Gasteiger partial charge is 0.260 e. The number of sulfonamides is 1. The lowest BCUT2D eigenvalue weighted by atomic mass is 10.0. The Morgan fingerprint density at radius 3 is 2.39 bits per heavy atom. The molecule has 0 atom stereocenters. The summed E-state index contributed by atoms with van der Waals surface area (Å²) in [4.78, 5) is 14.4. The standard InChI is InChI=1S/C23H27ClN2O4S/c24-21-15-20(31(28,29)26-14-11-18-7-3-4-8-19(18)16-26)9-10-22(21)30-17-23(27)25-12-5-1-2-6-13-25/h3-4,7-10,15H,1-2,5-6,11-14,16-17H2. The number of amides is 1. The number of hydrogen-bond acceptors (Lipinski definition) is 4. The fraction of sp³-hybridized carbons (Fsp3) is 0.435. The first-order valence-corrected chi connectivity index (χ1v) is 12.5. The van der Waals surface area contributed by atoms with Crippen LogP contribution in [0.15, 0.2) is 47.4 Å². The minimum atomic E-state index is -3.68. The van der Waals surface area contributed by atoms with Crippen molar-refractivity contribution in [3.63, 3.8) is 0 Å². The Labute approximate surface area is 188 Å². The van der Waals surface area contributed by atoms with Gasteiger partial charge in [-0.05, 0) is 48.6 Å². The molecule has 31 heavy (non-hydrogen) atoms. The van der Waals surface area contributed by atoms with Gasteiger partial charge in [0.1, 0.15) is 5.75 Å². The molecule has 2 aromatic rings. The Balaban J connectivity index is 1.42. The third kappa shape index (κ3) is 5.05. The Bertz CT molecular complexity index is 1050. The number of likely N-dealkylation sites (tertiary alicyclic amines) is 1. The number of carbonyl (C=O) groups is 1. The predicted molar refractivity (Wildman–Crippen MR) is 120 cm³/mol. The molecule has 0 aromatic heterocycles. The molecule has 8 heteroatoms. The summed E-state index contributed by atoms with van der Waals surface area (Å²) in [6, 6.07) is 12.3. The van der Waals surface area contributed by atoms with Crippen molar-refractivity contribution >= 4 is 27.5 Å². The molecule has 0 spiro atoms. The predicted octanol–water partition coefficient (Wildman–Crippen LogP) is 3.87. The molecule has 0 unspecified atom stereocenters. The molecule has 0 radical (unpaired) electrons. The monoisotopic (exact) mass is 462 g/mol. The number of fused-ring (bicyclic) bond motifs is 1. The van der Waals surface area contributed by atoms with Crippen LogP contribution in [0.1, 0.15) is 36.8 Å². The van der Waals surface area contributed by atoms with Crippen LogP contribution in [0.5, 0.6) is 5.75 Å². The zero-order valence-corrected chi connectivity index (χ0v) is 19.0. The minimum absolute atomic E-state index is 0.0679. The normalized spacial score (nSPS) is 17.6. The number of halogens is 1. The van der Waals surface area contributed by atoms with Crippen LogP contribution in [-0.2, 0) is 27.8 Å². The maximum atomic E-state index is 13.1. The Morgan fingerprint density at radius 1 is 0.968 bits per heavy atom. The summed E-state index contributed by atoms with van der Waals surface area (Å²) < 4.78 is 33.4. The van der Waals surface area contributed by atoms with Gasteiger partial charge in [-0.3, -0.25) is 4.79 Å². The molecular formula is C23H27ClN2O4S. The minimum Gasteiger partial charge on any atom is -0.482 e. The summed E-state index contributed by atoms with van der Waals surface area (Å²) >= 11 is 6.32. The van der Waals surface area contributed by atoms with Gasteiger partial charge in [0.2, 0.25) is 10.0 Å². The maximum absolute atomic E-state index is 13.1. The van der Waals surface area contributed by atoms with E-state index in [1.54, 1.807) is 0 Å². The number of nitrogens with zero attached hydrogens (tertiary/aromatic N) is 2. The second kappa shape index (κ2) is 9.59. The van der Waals surface area contributed by atoms with Gasteiger partial charge in [-0.2, -0.15) is 4.31 Å². The van der Waals surface area contributed by atoms with Gasteiger partial charge in [0.05, 0.1) is 9.92 Å². The molecule has 166 valence electrons. The highest BCUT2D eigenvalue weighted by Crippen LogP contribution is 2.31. The summed E-state index contributed by atoms with van der Waals surface area (Å²) in [6.07, 6.45) is 5.01. The lowest BCUT2D eigenvalue weighted by molar-refractivity contribution is -0.133. The zero-order valence-electron chi connectivity index (χ0n) is 17.4. The van der Waals surface area contributed by atoms with Crippen molar-refractivity contribution in [3.05, 3.63) is 58.6 Å². The van der Waals surface area contributed by atoms with Gasteiger partial charge in [-0.1, -0.05) is 48.7 Å². The average molecular weight is 463 g/mol. The van der Waals surface area contributed by atoms with Crippen LogP contribution in [0.4, 0.5) is 0 Å². The van der Waals surface area contributed by atoms with Crippen molar-refractivity contribution in [3.8, 4) is 5.75 Å². The van der Waals surface area contributed by atoms with Crippen LogP contribution in [0, 0.1) is 0 Å². The molecule has 1 saturated heterocycles. The van der Waals surface area contributed by atoms with E-state index in [4.69, 9.17) is 16.3 Å². The molecule has 6 nitrogen and oxygen atoms in total. The molecule has 0 bridgehead atoms. The number of rotatable bonds is 5. The number of hydrogen-bond donors (Lipinski definition) is 0. The van der Waals surface area contributed by atoms with Gasteiger partial charge in [-0.25, -0.2) is 8.42 Å². The van der Waals surface area contributed by atoms with Gasteiger partial charge in [0.15, 0.2) is 6.61 Å². The van der Waals surface area contributed by atoms with E-state index in [2.05, 4.69) is 0 Å². The number of ether oxygens (including phenoxy) is 1. The van der Waals surface area contributed by atoms with Crippen LogP contribution in [0.3, 0.4) is 0 Å². The Morgan fingerprint density at radius 2 is 1.68 bits per heavy atom. The van der Waals surface area contributed by atoms with Gasteiger partial charge < -0.3 is 9.64 Å². The van der Waals surface area contributed by atoms with Crippen molar-refractivity contribution in [2.75, 3.05) is 26.2 Å². The van der Waals surface area contributed by atoms with Crippen molar-refractivity contribution in [2.24, 2.45) is 0 Å².